The molecule has 2 aromatic carbocycles. The Morgan fingerprint density at radius 1 is 1.03 bits per heavy atom. The van der Waals surface area contributed by atoms with Gasteiger partial charge in [-0.05, 0) is 40.7 Å². The Hall–Kier alpha value is -3.55. The Balaban J connectivity index is 1.50. The smallest absolute Gasteiger partial charge is 0.237 e. The molecule has 1 heterocycles. The van der Waals surface area contributed by atoms with Gasteiger partial charge in [-0.25, -0.2) is 0 Å². The number of nitrogens with two attached hydrogens (primary N) is 1. The standard InChI is InChI=1S/C23H26N6O2/c24-21(30)15-29(22(31)13-16-5-1-2-6-16)14-17-9-11-18(12-10-17)19-7-3-4-8-20(19)23-25-27-28-26-23/h3-4,7-12,16H,1-2,5-6,13-15H2,(H2,24,30)(H,25,26,27,28). The van der Waals surface area contributed by atoms with Crippen molar-refractivity contribution in [3.8, 4) is 22.5 Å². The van der Waals surface area contributed by atoms with Crippen molar-refractivity contribution < 1.29 is 9.59 Å². The minimum absolute atomic E-state index is 0.00257. The number of nitrogens with one attached hydrogen (secondary N) is 1. The van der Waals surface area contributed by atoms with Gasteiger partial charge in [-0.15, -0.1) is 10.2 Å². The van der Waals surface area contributed by atoms with Crippen LogP contribution < -0.4 is 5.73 Å². The summed E-state index contributed by atoms with van der Waals surface area (Å²) in [5.74, 6) is 0.458. The SMILES string of the molecule is NC(=O)CN(Cc1ccc(-c2ccccc2-c2nn[nH]n2)cc1)C(=O)CC1CCCC1. The second-order valence-corrected chi connectivity index (χ2v) is 8.05. The van der Waals surface area contributed by atoms with E-state index < -0.39 is 5.91 Å². The molecule has 1 aliphatic rings. The molecule has 0 bridgehead atoms. The van der Waals surface area contributed by atoms with Crippen molar-refractivity contribution in [3.63, 3.8) is 0 Å². The van der Waals surface area contributed by atoms with Crippen molar-refractivity contribution in [2.75, 3.05) is 6.54 Å². The fraction of sp³-hybridized carbons (Fsp3) is 0.348. The van der Waals surface area contributed by atoms with Crippen LogP contribution in [0.15, 0.2) is 48.5 Å². The largest absolute Gasteiger partial charge is 0.368 e. The Morgan fingerprint density at radius 2 is 1.74 bits per heavy atom. The van der Waals surface area contributed by atoms with Gasteiger partial charge in [0.05, 0.1) is 6.54 Å². The average Bonchev–Trinajstić information content (AvgIpc) is 3.48. The number of aromatic nitrogens is 4. The van der Waals surface area contributed by atoms with Crippen LogP contribution in [0.5, 0.6) is 0 Å². The lowest BCUT2D eigenvalue weighted by atomic mass is 9.98. The number of carbonyl (C=O) groups is 2. The highest BCUT2D eigenvalue weighted by atomic mass is 16.2. The minimum Gasteiger partial charge on any atom is -0.368 e. The van der Waals surface area contributed by atoms with Gasteiger partial charge in [0.1, 0.15) is 0 Å². The highest BCUT2D eigenvalue weighted by Crippen LogP contribution is 2.30. The third-order valence-electron chi connectivity index (χ3n) is 5.79. The number of hydrogen-bond acceptors (Lipinski definition) is 5. The van der Waals surface area contributed by atoms with E-state index in [1.165, 1.54) is 12.8 Å². The summed E-state index contributed by atoms with van der Waals surface area (Å²) in [7, 11) is 0. The molecular formula is C23H26N6O2. The molecule has 2 amide bonds. The summed E-state index contributed by atoms with van der Waals surface area (Å²) >= 11 is 0. The molecule has 0 saturated heterocycles. The lowest BCUT2D eigenvalue weighted by molar-refractivity contribution is -0.136. The van der Waals surface area contributed by atoms with Crippen molar-refractivity contribution in [3.05, 3.63) is 54.1 Å². The number of tetrazole rings is 1. The number of carbonyl (C=O) groups excluding carboxylic acids is 2. The fourth-order valence-electron chi connectivity index (χ4n) is 4.23. The average molecular weight is 419 g/mol. The van der Waals surface area contributed by atoms with Gasteiger partial charge in [-0.1, -0.05) is 61.4 Å². The van der Waals surface area contributed by atoms with Crippen LogP contribution in [0.25, 0.3) is 22.5 Å². The normalized spacial score (nSPS) is 13.9. The molecule has 0 aliphatic heterocycles. The Bertz CT molecular complexity index is 1030. The van der Waals surface area contributed by atoms with E-state index >= 15 is 0 Å². The number of rotatable bonds is 8. The number of nitrogens with zero attached hydrogens (tertiary/aromatic N) is 4. The molecule has 8 nitrogen and oxygen atoms in total. The van der Waals surface area contributed by atoms with Crippen molar-refractivity contribution in [2.24, 2.45) is 11.7 Å². The van der Waals surface area contributed by atoms with E-state index in [0.717, 1.165) is 35.1 Å². The quantitative estimate of drug-likeness (QED) is 0.583. The van der Waals surface area contributed by atoms with Crippen LogP contribution in [0.4, 0.5) is 0 Å². The van der Waals surface area contributed by atoms with Crippen molar-refractivity contribution >= 4 is 11.8 Å². The molecule has 4 rings (SSSR count). The Labute approximate surface area is 180 Å². The molecule has 0 unspecified atom stereocenters. The second-order valence-electron chi connectivity index (χ2n) is 8.05. The molecule has 1 aromatic heterocycles. The van der Waals surface area contributed by atoms with Crippen LogP contribution in [-0.4, -0.2) is 43.9 Å². The summed E-state index contributed by atoms with van der Waals surface area (Å²) in [5.41, 5.74) is 9.22. The van der Waals surface area contributed by atoms with Gasteiger partial charge in [0, 0.05) is 18.5 Å². The number of hydrogen-bond donors (Lipinski definition) is 2. The van der Waals surface area contributed by atoms with Crippen molar-refractivity contribution in [1.82, 2.24) is 25.5 Å². The fourth-order valence-corrected chi connectivity index (χ4v) is 4.23. The van der Waals surface area contributed by atoms with Crippen LogP contribution in [0.2, 0.25) is 0 Å². The van der Waals surface area contributed by atoms with Gasteiger partial charge >= 0.3 is 0 Å². The third kappa shape index (κ3) is 5.14. The van der Waals surface area contributed by atoms with E-state index in [1.54, 1.807) is 4.90 Å². The van der Waals surface area contributed by atoms with Gasteiger partial charge in [0.2, 0.25) is 17.6 Å². The second kappa shape index (κ2) is 9.51. The molecule has 8 heteroatoms. The summed E-state index contributed by atoms with van der Waals surface area (Å²) in [6.45, 7) is 0.301. The van der Waals surface area contributed by atoms with Gasteiger partial charge in [0.15, 0.2) is 0 Å². The summed E-state index contributed by atoms with van der Waals surface area (Å²) in [5, 5.41) is 14.3. The minimum atomic E-state index is -0.495. The van der Waals surface area contributed by atoms with Crippen molar-refractivity contribution in [2.45, 2.75) is 38.6 Å². The maximum Gasteiger partial charge on any atom is 0.237 e. The van der Waals surface area contributed by atoms with Crippen LogP contribution >= 0.6 is 0 Å². The lowest BCUT2D eigenvalue weighted by Crippen LogP contribution is -2.38. The molecule has 160 valence electrons. The van der Waals surface area contributed by atoms with Crippen LogP contribution in [0, 0.1) is 5.92 Å². The predicted molar refractivity (Wildman–Crippen MR) is 116 cm³/mol. The molecule has 0 radical (unpaired) electrons. The van der Waals surface area contributed by atoms with E-state index in [0.29, 0.717) is 24.7 Å². The first kappa shape index (κ1) is 20.7. The lowest BCUT2D eigenvalue weighted by Gasteiger charge is -2.23. The number of benzene rings is 2. The van der Waals surface area contributed by atoms with Crippen LogP contribution in [0.3, 0.4) is 0 Å². The molecule has 1 aliphatic carbocycles. The molecule has 0 atom stereocenters. The van der Waals surface area contributed by atoms with E-state index in [9.17, 15) is 9.59 Å². The Morgan fingerprint density at radius 3 is 2.39 bits per heavy atom. The molecular weight excluding hydrogens is 392 g/mol. The summed E-state index contributed by atoms with van der Waals surface area (Å²) < 4.78 is 0. The van der Waals surface area contributed by atoms with E-state index in [4.69, 9.17) is 5.73 Å². The Kier molecular flexibility index (Phi) is 6.35. The summed E-state index contributed by atoms with van der Waals surface area (Å²) in [6.07, 6.45) is 5.03. The molecule has 3 aromatic rings. The summed E-state index contributed by atoms with van der Waals surface area (Å²) in [4.78, 5) is 25.9. The van der Waals surface area contributed by atoms with Crippen molar-refractivity contribution in [1.29, 1.82) is 0 Å². The number of amides is 2. The van der Waals surface area contributed by atoms with E-state index in [1.807, 2.05) is 48.5 Å². The zero-order valence-electron chi connectivity index (χ0n) is 17.3. The first-order valence-electron chi connectivity index (χ1n) is 10.6. The number of H-pyrrole nitrogens is 1. The third-order valence-corrected chi connectivity index (χ3v) is 5.79. The highest BCUT2D eigenvalue weighted by molar-refractivity contribution is 5.84. The number of aromatic amines is 1. The van der Waals surface area contributed by atoms with Gasteiger partial charge in [-0.2, -0.15) is 5.21 Å². The van der Waals surface area contributed by atoms with Crippen LogP contribution in [0.1, 0.15) is 37.7 Å². The van der Waals surface area contributed by atoms with Crippen LogP contribution in [-0.2, 0) is 16.1 Å². The molecule has 0 spiro atoms. The molecule has 1 fully saturated rings. The highest BCUT2D eigenvalue weighted by Gasteiger charge is 2.23. The zero-order chi connectivity index (χ0) is 21.6. The molecule has 31 heavy (non-hydrogen) atoms. The first-order valence-corrected chi connectivity index (χ1v) is 10.6. The van der Waals surface area contributed by atoms with Gasteiger partial charge < -0.3 is 10.6 Å². The maximum atomic E-state index is 12.8. The zero-order valence-corrected chi connectivity index (χ0v) is 17.3. The topological polar surface area (TPSA) is 118 Å². The molecule has 1 saturated carbocycles. The van der Waals surface area contributed by atoms with E-state index in [-0.39, 0.29) is 12.5 Å². The maximum absolute atomic E-state index is 12.8. The monoisotopic (exact) mass is 418 g/mol. The molecule has 3 N–H and O–H groups in total. The van der Waals surface area contributed by atoms with E-state index in [2.05, 4.69) is 20.6 Å². The predicted octanol–water partition coefficient (Wildman–Crippen LogP) is 2.93. The summed E-state index contributed by atoms with van der Waals surface area (Å²) in [6, 6.07) is 15.8. The number of primary amides is 1. The van der Waals surface area contributed by atoms with Gasteiger partial charge in [0.25, 0.3) is 0 Å². The van der Waals surface area contributed by atoms with Gasteiger partial charge in [-0.3, -0.25) is 9.59 Å². The first-order chi connectivity index (χ1) is 15.1.